The number of pyridine rings is 1. The summed E-state index contributed by atoms with van der Waals surface area (Å²) in [6, 6.07) is 9.46. The van der Waals surface area contributed by atoms with E-state index in [2.05, 4.69) is 4.98 Å². The zero-order chi connectivity index (χ0) is 12.3. The fourth-order valence-electron chi connectivity index (χ4n) is 1.22. The molecule has 5 nitrogen and oxygen atoms in total. The number of hydrogen-bond acceptors (Lipinski definition) is 5. The minimum atomic E-state index is -0.476. The Morgan fingerprint density at radius 3 is 2.76 bits per heavy atom. The molecule has 1 aromatic heterocycles. The summed E-state index contributed by atoms with van der Waals surface area (Å²) in [6.45, 7) is 0. The third-order valence-corrected chi connectivity index (χ3v) is 3.01. The van der Waals surface area contributed by atoms with Crippen LogP contribution in [0.25, 0.3) is 0 Å². The minimum Gasteiger partial charge on any atom is -0.507 e. The second-order valence-electron chi connectivity index (χ2n) is 3.18. The van der Waals surface area contributed by atoms with Crippen molar-refractivity contribution in [2.24, 2.45) is 0 Å². The molecule has 0 fully saturated rings. The largest absolute Gasteiger partial charge is 0.507 e. The summed E-state index contributed by atoms with van der Waals surface area (Å²) in [4.78, 5) is 14.7. The summed E-state index contributed by atoms with van der Waals surface area (Å²) in [7, 11) is 0. The first-order chi connectivity index (χ1) is 8.16. The number of para-hydroxylation sites is 1. The van der Waals surface area contributed by atoms with E-state index in [0.29, 0.717) is 9.92 Å². The molecule has 0 bridgehead atoms. The molecule has 1 N–H and O–H groups in total. The second-order valence-corrected chi connectivity index (χ2v) is 4.24. The molecule has 1 heterocycles. The van der Waals surface area contributed by atoms with Gasteiger partial charge in [0.15, 0.2) is 0 Å². The summed E-state index contributed by atoms with van der Waals surface area (Å²) >= 11 is 1.18. The smallest absolute Gasteiger partial charge is 0.273 e. The number of phenolic OH excluding ortho intramolecular Hbond substituents is 1. The van der Waals surface area contributed by atoms with Crippen LogP contribution in [0.4, 0.5) is 5.69 Å². The Hall–Kier alpha value is -2.08. The van der Waals surface area contributed by atoms with Gasteiger partial charge in [-0.25, -0.2) is 4.98 Å². The van der Waals surface area contributed by atoms with Crippen molar-refractivity contribution in [3.63, 3.8) is 0 Å². The molecule has 0 aliphatic carbocycles. The first-order valence-electron chi connectivity index (χ1n) is 4.73. The average Bonchev–Trinajstić information content (AvgIpc) is 2.32. The van der Waals surface area contributed by atoms with Crippen molar-refractivity contribution in [1.82, 2.24) is 4.98 Å². The zero-order valence-electron chi connectivity index (χ0n) is 8.61. The van der Waals surface area contributed by atoms with E-state index in [1.54, 1.807) is 24.3 Å². The number of nitro groups is 1. The van der Waals surface area contributed by atoms with Crippen molar-refractivity contribution in [2.75, 3.05) is 0 Å². The van der Waals surface area contributed by atoms with Gasteiger partial charge in [0.1, 0.15) is 10.8 Å². The highest BCUT2D eigenvalue weighted by atomic mass is 32.2. The lowest BCUT2D eigenvalue weighted by molar-refractivity contribution is -0.385. The second kappa shape index (κ2) is 4.84. The molecule has 0 aliphatic heterocycles. The van der Waals surface area contributed by atoms with E-state index in [-0.39, 0.29) is 11.4 Å². The van der Waals surface area contributed by atoms with Gasteiger partial charge >= 0.3 is 0 Å². The van der Waals surface area contributed by atoms with E-state index in [4.69, 9.17) is 0 Å². The van der Waals surface area contributed by atoms with Crippen molar-refractivity contribution in [3.8, 4) is 5.75 Å². The van der Waals surface area contributed by atoms with E-state index >= 15 is 0 Å². The van der Waals surface area contributed by atoms with Crippen molar-refractivity contribution in [2.45, 2.75) is 9.92 Å². The minimum absolute atomic E-state index is 0.0158. The summed E-state index contributed by atoms with van der Waals surface area (Å²) in [5, 5.41) is 20.6. The standard InChI is InChI=1S/C11H8N2O3S/c14-9-3-1-2-4-10(9)17-11-7-8(13(15)16)5-6-12-11/h1-7,14H. The summed E-state index contributed by atoms with van der Waals surface area (Å²) in [6.07, 6.45) is 1.38. The Labute approximate surface area is 101 Å². The summed E-state index contributed by atoms with van der Waals surface area (Å²) in [5.41, 5.74) is -0.0158. The maximum absolute atomic E-state index is 10.6. The number of hydrogen-bond donors (Lipinski definition) is 1. The number of aromatic hydroxyl groups is 1. The van der Waals surface area contributed by atoms with Crippen molar-refractivity contribution >= 4 is 17.4 Å². The molecule has 0 saturated heterocycles. The van der Waals surface area contributed by atoms with Crippen LogP contribution in [0, 0.1) is 10.1 Å². The van der Waals surface area contributed by atoms with E-state index < -0.39 is 4.92 Å². The predicted octanol–water partition coefficient (Wildman–Crippen LogP) is 2.85. The molecule has 17 heavy (non-hydrogen) atoms. The van der Waals surface area contributed by atoms with Crippen LogP contribution in [0.15, 0.2) is 52.5 Å². The molecule has 0 aliphatic rings. The average molecular weight is 248 g/mol. The van der Waals surface area contributed by atoms with E-state index in [0.717, 1.165) is 0 Å². The molecule has 2 aromatic rings. The fraction of sp³-hybridized carbons (Fsp3) is 0. The monoisotopic (exact) mass is 248 g/mol. The molecular formula is C11H8N2O3S. The number of benzene rings is 1. The van der Waals surface area contributed by atoms with E-state index in [1.165, 1.54) is 30.1 Å². The molecule has 0 unspecified atom stereocenters. The Kier molecular flexibility index (Phi) is 3.24. The van der Waals surface area contributed by atoms with Gasteiger partial charge in [0, 0.05) is 18.3 Å². The normalized spacial score (nSPS) is 10.1. The van der Waals surface area contributed by atoms with Gasteiger partial charge in [-0.15, -0.1) is 0 Å². The molecule has 0 atom stereocenters. The Balaban J connectivity index is 2.28. The first-order valence-corrected chi connectivity index (χ1v) is 5.55. The quantitative estimate of drug-likeness (QED) is 0.667. The lowest BCUT2D eigenvalue weighted by Gasteiger charge is -2.02. The molecule has 86 valence electrons. The van der Waals surface area contributed by atoms with Crippen LogP contribution in [0.5, 0.6) is 5.75 Å². The van der Waals surface area contributed by atoms with Crippen molar-refractivity contribution < 1.29 is 10.0 Å². The molecule has 0 saturated carbocycles. The number of phenols is 1. The lowest BCUT2D eigenvalue weighted by Crippen LogP contribution is -1.89. The maximum Gasteiger partial charge on any atom is 0.273 e. The predicted molar refractivity (Wildman–Crippen MR) is 63.1 cm³/mol. The molecule has 0 spiro atoms. The lowest BCUT2D eigenvalue weighted by atomic mass is 10.3. The number of aromatic nitrogens is 1. The van der Waals surface area contributed by atoms with Crippen LogP contribution in [0.3, 0.4) is 0 Å². The Morgan fingerprint density at radius 1 is 1.29 bits per heavy atom. The van der Waals surface area contributed by atoms with Gasteiger partial charge in [-0.3, -0.25) is 10.1 Å². The van der Waals surface area contributed by atoms with Crippen LogP contribution < -0.4 is 0 Å². The number of rotatable bonds is 3. The van der Waals surface area contributed by atoms with E-state index in [9.17, 15) is 15.2 Å². The van der Waals surface area contributed by atoms with Crippen LogP contribution in [-0.2, 0) is 0 Å². The molecule has 1 aromatic carbocycles. The van der Waals surface area contributed by atoms with Gasteiger partial charge < -0.3 is 5.11 Å². The third-order valence-electron chi connectivity index (χ3n) is 2.01. The molecule has 0 amide bonds. The van der Waals surface area contributed by atoms with Gasteiger partial charge in [-0.1, -0.05) is 23.9 Å². The van der Waals surface area contributed by atoms with Gasteiger partial charge in [-0.2, -0.15) is 0 Å². The van der Waals surface area contributed by atoms with Gasteiger partial charge in [0.2, 0.25) is 0 Å². The highest BCUT2D eigenvalue weighted by Gasteiger charge is 2.09. The highest BCUT2D eigenvalue weighted by molar-refractivity contribution is 7.99. The Bertz CT molecular complexity index is 560. The van der Waals surface area contributed by atoms with Crippen LogP contribution >= 0.6 is 11.8 Å². The molecule has 2 rings (SSSR count). The molecule has 6 heteroatoms. The van der Waals surface area contributed by atoms with Gasteiger partial charge in [-0.05, 0) is 12.1 Å². The Morgan fingerprint density at radius 2 is 2.06 bits per heavy atom. The highest BCUT2D eigenvalue weighted by Crippen LogP contribution is 2.33. The third kappa shape index (κ3) is 2.73. The maximum atomic E-state index is 10.6. The number of nitrogens with zero attached hydrogens (tertiary/aromatic N) is 2. The molecular weight excluding hydrogens is 240 g/mol. The van der Waals surface area contributed by atoms with Crippen molar-refractivity contribution in [1.29, 1.82) is 0 Å². The van der Waals surface area contributed by atoms with Crippen LogP contribution in [0.1, 0.15) is 0 Å². The van der Waals surface area contributed by atoms with Gasteiger partial charge in [0.05, 0.1) is 9.82 Å². The van der Waals surface area contributed by atoms with Gasteiger partial charge in [0.25, 0.3) is 5.69 Å². The topological polar surface area (TPSA) is 76.3 Å². The fourth-order valence-corrected chi connectivity index (χ4v) is 2.06. The van der Waals surface area contributed by atoms with E-state index in [1.807, 2.05) is 0 Å². The molecule has 0 radical (unpaired) electrons. The zero-order valence-corrected chi connectivity index (χ0v) is 9.42. The first kappa shape index (κ1) is 11.4. The van der Waals surface area contributed by atoms with Crippen molar-refractivity contribution in [3.05, 3.63) is 52.7 Å². The van der Waals surface area contributed by atoms with Crippen LogP contribution in [0.2, 0.25) is 0 Å². The van der Waals surface area contributed by atoms with Crippen LogP contribution in [-0.4, -0.2) is 15.0 Å². The summed E-state index contributed by atoms with van der Waals surface area (Å²) < 4.78 is 0. The SMILES string of the molecule is O=[N+]([O-])c1ccnc(Sc2ccccc2O)c1. The summed E-state index contributed by atoms with van der Waals surface area (Å²) in [5.74, 6) is 0.130.